The molecular weight excluding hydrogens is 445 g/mol. The normalized spacial score (nSPS) is 10.9. The molecule has 0 fully saturated rings. The number of methoxy groups -OCH3 is 1. The van der Waals surface area contributed by atoms with Crippen molar-refractivity contribution in [3.8, 4) is 5.75 Å². The topological polar surface area (TPSA) is 82.4 Å². The summed E-state index contributed by atoms with van der Waals surface area (Å²) in [4.78, 5) is 29.0. The van der Waals surface area contributed by atoms with Crippen molar-refractivity contribution < 1.29 is 18.7 Å². The van der Waals surface area contributed by atoms with Gasteiger partial charge in [-0.05, 0) is 30.3 Å². The third-order valence-corrected chi connectivity index (χ3v) is 4.62. The van der Waals surface area contributed by atoms with Crippen molar-refractivity contribution in [2.75, 3.05) is 25.6 Å². The minimum absolute atomic E-state index is 0.0365. The number of carbonyl (C=O) groups excluding carboxylic acids is 1. The van der Waals surface area contributed by atoms with Gasteiger partial charge in [0.2, 0.25) is 5.91 Å². The lowest BCUT2D eigenvalue weighted by Gasteiger charge is -2.10. The van der Waals surface area contributed by atoms with Crippen molar-refractivity contribution in [1.29, 1.82) is 0 Å². The fourth-order valence-corrected chi connectivity index (χ4v) is 3.03. The van der Waals surface area contributed by atoms with Gasteiger partial charge in [0, 0.05) is 36.3 Å². The molecule has 2 aromatic carbocycles. The van der Waals surface area contributed by atoms with Crippen LogP contribution >= 0.6 is 15.9 Å². The number of halogens is 2. The Morgan fingerprint density at radius 1 is 1.24 bits per heavy atom. The second kappa shape index (κ2) is 9.62. The van der Waals surface area contributed by atoms with Gasteiger partial charge in [-0.2, -0.15) is 0 Å². The van der Waals surface area contributed by atoms with E-state index in [1.54, 1.807) is 24.3 Å². The molecule has 0 radical (unpaired) electrons. The average Bonchev–Trinajstić information content (AvgIpc) is 2.70. The largest absolute Gasteiger partial charge is 0.488 e. The van der Waals surface area contributed by atoms with E-state index in [0.717, 1.165) is 4.47 Å². The number of carbonyl (C=O) groups is 1. The summed E-state index contributed by atoms with van der Waals surface area (Å²) in [7, 11) is 1.53. The van der Waals surface area contributed by atoms with Crippen LogP contribution in [0.3, 0.4) is 0 Å². The lowest BCUT2D eigenvalue weighted by Crippen LogP contribution is -2.23. The Bertz CT molecular complexity index is 1090. The highest BCUT2D eigenvalue weighted by atomic mass is 79.9. The van der Waals surface area contributed by atoms with Gasteiger partial charge in [0.25, 0.3) is 5.56 Å². The smallest absolute Gasteiger partial charge is 0.261 e. The Labute approximate surface area is 174 Å². The molecule has 0 aliphatic carbocycles. The summed E-state index contributed by atoms with van der Waals surface area (Å²) in [6.45, 7) is 0.725. The van der Waals surface area contributed by atoms with Crippen molar-refractivity contribution in [2.45, 2.75) is 13.0 Å². The predicted octanol–water partition coefficient (Wildman–Crippen LogP) is 3.35. The van der Waals surface area contributed by atoms with E-state index >= 15 is 0 Å². The van der Waals surface area contributed by atoms with Crippen LogP contribution in [0, 0.1) is 5.82 Å². The van der Waals surface area contributed by atoms with Crippen LogP contribution in [0.1, 0.15) is 6.42 Å². The summed E-state index contributed by atoms with van der Waals surface area (Å²) in [5.74, 6) is -0.849. The Morgan fingerprint density at radius 2 is 2.07 bits per heavy atom. The SMILES string of the molecule is COCCOc1ccc(NC(=O)CCn2cnc3ccc(Br)cc3c2=O)cc1F. The zero-order valence-electron chi connectivity index (χ0n) is 15.7. The monoisotopic (exact) mass is 463 g/mol. The molecule has 29 heavy (non-hydrogen) atoms. The van der Waals surface area contributed by atoms with E-state index in [2.05, 4.69) is 26.2 Å². The molecular formula is C20H19BrFN3O4. The summed E-state index contributed by atoms with van der Waals surface area (Å²) in [6, 6.07) is 9.41. The average molecular weight is 464 g/mol. The minimum atomic E-state index is -0.584. The number of rotatable bonds is 8. The van der Waals surface area contributed by atoms with Crippen molar-refractivity contribution in [3.05, 3.63) is 63.4 Å². The zero-order valence-corrected chi connectivity index (χ0v) is 17.2. The summed E-state index contributed by atoms with van der Waals surface area (Å²) in [5, 5.41) is 3.08. The van der Waals surface area contributed by atoms with Crippen molar-refractivity contribution in [2.24, 2.45) is 0 Å². The zero-order chi connectivity index (χ0) is 20.8. The third-order valence-electron chi connectivity index (χ3n) is 4.13. The van der Waals surface area contributed by atoms with Gasteiger partial charge in [0.1, 0.15) is 6.61 Å². The summed E-state index contributed by atoms with van der Waals surface area (Å²) in [5.41, 5.74) is 0.661. The standard InChI is InChI=1S/C20H19BrFN3O4/c1-28-8-9-29-18-5-3-14(11-16(18)22)24-19(26)6-7-25-12-23-17-4-2-13(21)10-15(17)20(25)27/h2-5,10-12H,6-9H2,1H3,(H,24,26). The van der Waals surface area contributed by atoms with E-state index in [1.807, 2.05) is 0 Å². The lowest BCUT2D eigenvalue weighted by atomic mass is 10.2. The number of ether oxygens (including phenoxy) is 2. The molecule has 9 heteroatoms. The summed E-state index contributed by atoms with van der Waals surface area (Å²) < 4.78 is 26.3. The first-order valence-electron chi connectivity index (χ1n) is 8.84. The maximum Gasteiger partial charge on any atom is 0.261 e. The first kappa shape index (κ1) is 20.9. The van der Waals surface area contributed by atoms with Gasteiger partial charge >= 0.3 is 0 Å². The number of anilines is 1. The molecule has 0 aliphatic heterocycles. The molecule has 152 valence electrons. The van der Waals surface area contributed by atoms with E-state index in [4.69, 9.17) is 9.47 Å². The van der Waals surface area contributed by atoms with Gasteiger partial charge in [-0.1, -0.05) is 15.9 Å². The van der Waals surface area contributed by atoms with Crippen LogP contribution in [0.15, 0.2) is 52.0 Å². The Balaban J connectivity index is 1.61. The molecule has 0 spiro atoms. The fourth-order valence-electron chi connectivity index (χ4n) is 2.67. The summed E-state index contributed by atoms with van der Waals surface area (Å²) in [6.07, 6.45) is 1.45. The number of nitrogens with one attached hydrogen (secondary N) is 1. The van der Waals surface area contributed by atoms with E-state index in [-0.39, 0.29) is 36.8 Å². The van der Waals surface area contributed by atoms with Gasteiger partial charge in [-0.15, -0.1) is 0 Å². The number of aryl methyl sites for hydroxylation is 1. The fraction of sp³-hybridized carbons (Fsp3) is 0.250. The maximum atomic E-state index is 14.0. The molecule has 1 aromatic heterocycles. The van der Waals surface area contributed by atoms with Crippen LogP contribution in [0.2, 0.25) is 0 Å². The molecule has 3 rings (SSSR count). The second-order valence-electron chi connectivity index (χ2n) is 6.19. The molecule has 0 atom stereocenters. The maximum absolute atomic E-state index is 14.0. The molecule has 1 heterocycles. The number of hydrogen-bond acceptors (Lipinski definition) is 5. The van der Waals surface area contributed by atoms with Crippen LogP contribution in [-0.2, 0) is 16.1 Å². The number of fused-ring (bicyclic) bond motifs is 1. The highest BCUT2D eigenvalue weighted by Gasteiger charge is 2.10. The number of amides is 1. The molecule has 0 bridgehead atoms. The first-order chi connectivity index (χ1) is 14.0. The molecule has 0 saturated heterocycles. The number of hydrogen-bond donors (Lipinski definition) is 1. The minimum Gasteiger partial charge on any atom is -0.488 e. The number of nitrogens with zero attached hydrogens (tertiary/aromatic N) is 2. The van der Waals surface area contributed by atoms with Crippen LogP contribution in [0.5, 0.6) is 5.75 Å². The number of aromatic nitrogens is 2. The highest BCUT2D eigenvalue weighted by molar-refractivity contribution is 9.10. The molecule has 3 aromatic rings. The van der Waals surface area contributed by atoms with Crippen molar-refractivity contribution in [1.82, 2.24) is 9.55 Å². The van der Waals surface area contributed by atoms with E-state index in [9.17, 15) is 14.0 Å². The van der Waals surface area contributed by atoms with Crippen LogP contribution in [-0.4, -0.2) is 35.8 Å². The van der Waals surface area contributed by atoms with Gasteiger partial charge in [0.05, 0.1) is 23.8 Å². The quantitative estimate of drug-likeness (QED) is 0.518. The Kier molecular flexibility index (Phi) is 6.95. The predicted molar refractivity (Wildman–Crippen MR) is 111 cm³/mol. The second-order valence-corrected chi connectivity index (χ2v) is 7.10. The van der Waals surface area contributed by atoms with Crippen molar-refractivity contribution in [3.63, 3.8) is 0 Å². The van der Waals surface area contributed by atoms with Crippen molar-refractivity contribution >= 4 is 38.4 Å². The molecule has 1 amide bonds. The molecule has 1 N–H and O–H groups in total. The van der Waals surface area contributed by atoms with Gasteiger partial charge in [0.15, 0.2) is 11.6 Å². The van der Waals surface area contributed by atoms with E-state index in [0.29, 0.717) is 23.2 Å². The van der Waals surface area contributed by atoms with Gasteiger partial charge in [-0.3, -0.25) is 14.2 Å². The van der Waals surface area contributed by atoms with Gasteiger partial charge in [-0.25, -0.2) is 9.37 Å². The summed E-state index contributed by atoms with van der Waals surface area (Å²) >= 11 is 3.33. The van der Waals surface area contributed by atoms with Crippen LogP contribution in [0.4, 0.5) is 10.1 Å². The molecule has 0 aliphatic rings. The lowest BCUT2D eigenvalue weighted by molar-refractivity contribution is -0.116. The highest BCUT2D eigenvalue weighted by Crippen LogP contribution is 2.21. The molecule has 0 unspecified atom stereocenters. The Hall–Kier alpha value is -2.78. The Morgan fingerprint density at radius 3 is 2.83 bits per heavy atom. The van der Waals surface area contributed by atoms with Crippen LogP contribution in [0.25, 0.3) is 10.9 Å². The third kappa shape index (κ3) is 5.39. The first-order valence-corrected chi connectivity index (χ1v) is 9.63. The molecule has 0 saturated carbocycles. The molecule has 7 nitrogen and oxygen atoms in total. The number of benzene rings is 2. The van der Waals surface area contributed by atoms with E-state index < -0.39 is 5.82 Å². The van der Waals surface area contributed by atoms with E-state index in [1.165, 1.54) is 30.1 Å². The van der Waals surface area contributed by atoms with Crippen LogP contribution < -0.4 is 15.6 Å². The van der Waals surface area contributed by atoms with Gasteiger partial charge < -0.3 is 14.8 Å².